The van der Waals surface area contributed by atoms with Gasteiger partial charge in [0.05, 0.1) is 11.9 Å². The second-order valence-corrected chi connectivity index (χ2v) is 4.28. The Labute approximate surface area is 104 Å². The molecule has 3 rings (SSSR count). The number of nitrogens with one attached hydrogen (secondary N) is 1. The normalized spacial score (nSPS) is 10.9. The average molecular weight is 291 g/mol. The van der Waals surface area contributed by atoms with E-state index in [0.717, 1.165) is 5.69 Å². The standard InChI is InChI=1S/C11H7BrN4O/c12-8-6-13-9-10(14-8)16(11(17)15-9)7-4-2-1-3-5-7/h1-6H,(H,13,15,17). The fourth-order valence-electron chi connectivity index (χ4n) is 1.67. The zero-order valence-corrected chi connectivity index (χ0v) is 10.2. The molecule has 0 saturated heterocycles. The lowest BCUT2D eigenvalue weighted by Crippen LogP contribution is -2.14. The maximum atomic E-state index is 11.9. The molecule has 0 amide bonds. The molecule has 5 nitrogen and oxygen atoms in total. The Morgan fingerprint density at radius 1 is 1.24 bits per heavy atom. The van der Waals surface area contributed by atoms with Gasteiger partial charge in [-0.05, 0) is 28.1 Å². The van der Waals surface area contributed by atoms with Gasteiger partial charge >= 0.3 is 5.69 Å². The maximum Gasteiger partial charge on any atom is 0.333 e. The predicted molar refractivity (Wildman–Crippen MR) is 67.2 cm³/mol. The van der Waals surface area contributed by atoms with E-state index in [1.54, 1.807) is 6.20 Å². The highest BCUT2D eigenvalue weighted by Gasteiger charge is 2.10. The van der Waals surface area contributed by atoms with Gasteiger partial charge in [0.25, 0.3) is 0 Å². The molecule has 0 spiro atoms. The smallest absolute Gasteiger partial charge is 0.288 e. The second-order valence-electron chi connectivity index (χ2n) is 3.47. The molecular formula is C11H7BrN4O. The molecule has 0 aliphatic rings. The van der Waals surface area contributed by atoms with Crippen LogP contribution in [0.2, 0.25) is 0 Å². The van der Waals surface area contributed by atoms with Gasteiger partial charge in [0.15, 0.2) is 11.3 Å². The highest BCUT2D eigenvalue weighted by atomic mass is 79.9. The number of para-hydroxylation sites is 1. The fourth-order valence-corrected chi connectivity index (χ4v) is 1.94. The van der Waals surface area contributed by atoms with Gasteiger partial charge in [-0.3, -0.25) is 4.98 Å². The van der Waals surface area contributed by atoms with Crippen LogP contribution in [0.15, 0.2) is 45.9 Å². The fraction of sp³-hybridized carbons (Fsp3) is 0. The first-order valence-electron chi connectivity index (χ1n) is 4.94. The molecular weight excluding hydrogens is 284 g/mol. The van der Waals surface area contributed by atoms with Crippen molar-refractivity contribution >= 4 is 27.2 Å². The van der Waals surface area contributed by atoms with Crippen molar-refractivity contribution < 1.29 is 0 Å². The summed E-state index contributed by atoms with van der Waals surface area (Å²) in [6.07, 6.45) is 1.55. The first-order valence-corrected chi connectivity index (χ1v) is 5.74. The Hall–Kier alpha value is -1.95. The van der Waals surface area contributed by atoms with Gasteiger partial charge in [0, 0.05) is 0 Å². The first kappa shape index (κ1) is 10.2. The number of imidazole rings is 1. The number of hydrogen-bond donors (Lipinski definition) is 1. The highest BCUT2D eigenvalue weighted by Crippen LogP contribution is 2.13. The monoisotopic (exact) mass is 290 g/mol. The van der Waals surface area contributed by atoms with Crippen molar-refractivity contribution in [3.63, 3.8) is 0 Å². The molecule has 2 aromatic heterocycles. The molecule has 3 aromatic rings. The van der Waals surface area contributed by atoms with Gasteiger partial charge in [-0.15, -0.1) is 0 Å². The minimum Gasteiger partial charge on any atom is -0.288 e. The number of aromatic nitrogens is 4. The summed E-state index contributed by atoms with van der Waals surface area (Å²) in [4.78, 5) is 22.9. The van der Waals surface area contributed by atoms with E-state index in [1.807, 2.05) is 30.3 Å². The lowest BCUT2D eigenvalue weighted by Gasteiger charge is -2.01. The Kier molecular flexibility index (Phi) is 2.29. The number of halogens is 1. The van der Waals surface area contributed by atoms with Crippen molar-refractivity contribution in [2.45, 2.75) is 0 Å². The van der Waals surface area contributed by atoms with Crippen LogP contribution in [0.5, 0.6) is 0 Å². The van der Waals surface area contributed by atoms with Crippen LogP contribution >= 0.6 is 15.9 Å². The third-order valence-corrected chi connectivity index (χ3v) is 2.76. The molecule has 0 atom stereocenters. The Balaban J connectivity index is 2.40. The minimum atomic E-state index is -0.246. The van der Waals surface area contributed by atoms with E-state index in [0.29, 0.717) is 15.9 Å². The van der Waals surface area contributed by atoms with E-state index in [9.17, 15) is 4.79 Å². The number of H-pyrrole nitrogens is 1. The molecule has 0 bridgehead atoms. The first-order chi connectivity index (χ1) is 8.25. The summed E-state index contributed by atoms with van der Waals surface area (Å²) in [5, 5.41) is 0. The molecule has 17 heavy (non-hydrogen) atoms. The van der Waals surface area contributed by atoms with Crippen LogP contribution in [0.4, 0.5) is 0 Å². The Bertz CT molecular complexity index is 732. The van der Waals surface area contributed by atoms with E-state index in [4.69, 9.17) is 0 Å². The van der Waals surface area contributed by atoms with Crippen LogP contribution in [-0.2, 0) is 0 Å². The quantitative estimate of drug-likeness (QED) is 0.744. The zero-order valence-electron chi connectivity index (χ0n) is 8.59. The van der Waals surface area contributed by atoms with E-state index in [2.05, 4.69) is 30.9 Å². The summed E-state index contributed by atoms with van der Waals surface area (Å²) in [7, 11) is 0. The third kappa shape index (κ3) is 1.66. The van der Waals surface area contributed by atoms with E-state index in [1.165, 1.54) is 4.57 Å². The minimum absolute atomic E-state index is 0.246. The molecule has 1 N–H and O–H groups in total. The van der Waals surface area contributed by atoms with E-state index in [-0.39, 0.29) is 5.69 Å². The summed E-state index contributed by atoms with van der Waals surface area (Å²) in [6, 6.07) is 9.32. The molecule has 6 heteroatoms. The summed E-state index contributed by atoms with van der Waals surface area (Å²) in [6.45, 7) is 0. The van der Waals surface area contributed by atoms with Crippen LogP contribution < -0.4 is 5.69 Å². The lowest BCUT2D eigenvalue weighted by molar-refractivity contribution is 0.998. The predicted octanol–water partition coefficient (Wildman–Crippen LogP) is 1.87. The lowest BCUT2D eigenvalue weighted by atomic mass is 10.3. The Morgan fingerprint density at radius 3 is 2.76 bits per heavy atom. The average Bonchev–Trinajstić information content (AvgIpc) is 2.65. The number of rotatable bonds is 1. The molecule has 84 valence electrons. The number of hydrogen-bond acceptors (Lipinski definition) is 3. The summed E-state index contributed by atoms with van der Waals surface area (Å²) in [5.41, 5.74) is 1.50. The van der Waals surface area contributed by atoms with Crippen molar-refractivity contribution in [2.24, 2.45) is 0 Å². The van der Waals surface area contributed by atoms with Gasteiger partial charge in [0.2, 0.25) is 0 Å². The van der Waals surface area contributed by atoms with Gasteiger partial charge in [0.1, 0.15) is 4.60 Å². The molecule has 1 aromatic carbocycles. The van der Waals surface area contributed by atoms with E-state index >= 15 is 0 Å². The zero-order chi connectivity index (χ0) is 11.8. The van der Waals surface area contributed by atoms with Gasteiger partial charge in [-0.2, -0.15) is 0 Å². The summed E-state index contributed by atoms with van der Waals surface area (Å²) in [5.74, 6) is 0. The molecule has 0 radical (unpaired) electrons. The van der Waals surface area contributed by atoms with Gasteiger partial charge in [-0.1, -0.05) is 18.2 Å². The number of aromatic amines is 1. The molecule has 2 heterocycles. The number of nitrogens with zero attached hydrogens (tertiary/aromatic N) is 3. The van der Waals surface area contributed by atoms with Crippen molar-refractivity contribution in [3.05, 3.63) is 51.6 Å². The van der Waals surface area contributed by atoms with Gasteiger partial charge in [-0.25, -0.2) is 19.3 Å². The van der Waals surface area contributed by atoms with Crippen LogP contribution in [0.3, 0.4) is 0 Å². The highest BCUT2D eigenvalue weighted by molar-refractivity contribution is 9.10. The van der Waals surface area contributed by atoms with Gasteiger partial charge < -0.3 is 0 Å². The summed E-state index contributed by atoms with van der Waals surface area (Å²) < 4.78 is 2.08. The number of benzene rings is 1. The van der Waals surface area contributed by atoms with Crippen molar-refractivity contribution in [3.8, 4) is 5.69 Å². The van der Waals surface area contributed by atoms with E-state index < -0.39 is 0 Å². The number of fused-ring (bicyclic) bond motifs is 1. The molecule has 0 aliphatic carbocycles. The van der Waals surface area contributed by atoms with Crippen LogP contribution in [-0.4, -0.2) is 19.5 Å². The van der Waals surface area contributed by atoms with Crippen molar-refractivity contribution in [1.29, 1.82) is 0 Å². The SMILES string of the molecule is O=c1[nH]c2ncc(Br)nc2n1-c1ccccc1. The largest absolute Gasteiger partial charge is 0.333 e. The second kappa shape index (κ2) is 3.81. The molecule has 0 unspecified atom stereocenters. The molecule has 0 fully saturated rings. The topological polar surface area (TPSA) is 63.6 Å². The van der Waals surface area contributed by atoms with Crippen molar-refractivity contribution in [1.82, 2.24) is 19.5 Å². The van der Waals surface area contributed by atoms with Crippen molar-refractivity contribution in [2.75, 3.05) is 0 Å². The maximum absolute atomic E-state index is 11.9. The Morgan fingerprint density at radius 2 is 2.00 bits per heavy atom. The summed E-state index contributed by atoms with van der Waals surface area (Å²) >= 11 is 3.25. The van der Waals surface area contributed by atoms with Crippen LogP contribution in [0.25, 0.3) is 17.0 Å². The van der Waals surface area contributed by atoms with Crippen LogP contribution in [0, 0.1) is 0 Å². The third-order valence-electron chi connectivity index (χ3n) is 2.38. The molecule has 0 aliphatic heterocycles. The van der Waals surface area contributed by atoms with Crippen LogP contribution in [0.1, 0.15) is 0 Å². The molecule has 0 saturated carbocycles.